The summed E-state index contributed by atoms with van der Waals surface area (Å²) < 4.78 is 26.9. The van der Waals surface area contributed by atoms with Gasteiger partial charge in [-0.3, -0.25) is 15.1 Å². The van der Waals surface area contributed by atoms with Gasteiger partial charge in [0.1, 0.15) is 0 Å². The van der Waals surface area contributed by atoms with E-state index in [-0.39, 0.29) is 41.1 Å². The zero-order chi connectivity index (χ0) is 21.3. The number of hydrogen-bond acceptors (Lipinski definition) is 7. The molecule has 1 aromatic heterocycles. The summed E-state index contributed by atoms with van der Waals surface area (Å²) in [5, 5.41) is 18.0. The van der Waals surface area contributed by atoms with Crippen molar-refractivity contribution in [2.45, 2.75) is 24.7 Å². The van der Waals surface area contributed by atoms with Gasteiger partial charge < -0.3 is 10.6 Å². The number of sulfonamides is 1. The number of thiazole rings is 1. The number of aromatic nitrogens is 1. The molecule has 0 aliphatic carbocycles. The second-order valence-electron chi connectivity index (χ2n) is 5.90. The maximum Gasteiger partial charge on any atom is 0.270 e. The highest BCUT2D eigenvalue weighted by Crippen LogP contribution is 2.17. The number of nitro groups is 1. The first kappa shape index (κ1) is 26.2. The Bertz CT molecular complexity index is 965. The first-order valence-electron chi connectivity index (χ1n) is 8.98. The molecule has 2 rings (SSSR count). The predicted molar refractivity (Wildman–Crippen MR) is 128 cm³/mol. The average Bonchev–Trinajstić information content (AvgIpc) is 3.17. The highest BCUT2D eigenvalue weighted by molar-refractivity contribution is 14.0. The Kier molecular flexibility index (Phi) is 11.1. The number of hydrogen-bond donors (Lipinski definition) is 3. The molecule has 0 atom stereocenters. The molecule has 0 saturated carbocycles. The Hall–Kier alpha value is -1.84. The van der Waals surface area contributed by atoms with Crippen molar-refractivity contribution in [2.24, 2.45) is 4.99 Å². The lowest BCUT2D eigenvalue weighted by Crippen LogP contribution is -2.42. The Morgan fingerprint density at radius 1 is 1.27 bits per heavy atom. The smallest absolute Gasteiger partial charge is 0.270 e. The minimum Gasteiger partial charge on any atom is -0.356 e. The lowest BCUT2D eigenvalue weighted by Gasteiger charge is -2.12. The van der Waals surface area contributed by atoms with Crippen LogP contribution in [0.5, 0.6) is 0 Å². The van der Waals surface area contributed by atoms with Gasteiger partial charge >= 0.3 is 0 Å². The van der Waals surface area contributed by atoms with Crippen molar-refractivity contribution in [3.63, 3.8) is 0 Å². The van der Waals surface area contributed by atoms with Gasteiger partial charge in [-0.15, -0.1) is 35.3 Å². The Morgan fingerprint density at radius 2 is 2.00 bits per heavy atom. The van der Waals surface area contributed by atoms with Crippen LogP contribution in [0, 0.1) is 10.1 Å². The fourth-order valence-electron chi connectivity index (χ4n) is 2.35. The third-order valence-corrected chi connectivity index (χ3v) is 6.51. The van der Waals surface area contributed by atoms with Crippen LogP contribution in [0.15, 0.2) is 40.4 Å². The Labute approximate surface area is 196 Å². The third kappa shape index (κ3) is 8.12. The van der Waals surface area contributed by atoms with E-state index in [2.05, 4.69) is 32.3 Å². The molecule has 1 aromatic carbocycles. The molecule has 0 spiro atoms. The molecule has 0 aliphatic rings. The van der Waals surface area contributed by atoms with Crippen LogP contribution in [0.25, 0.3) is 0 Å². The van der Waals surface area contributed by atoms with Gasteiger partial charge in [-0.1, -0.05) is 13.0 Å². The SMILES string of the molecule is CCc1cnc(CCNC(=NC)NCCNS(=O)(=O)c2cccc([N+](=O)[O-])c2)s1.I. The van der Waals surface area contributed by atoms with Crippen molar-refractivity contribution >= 4 is 57.0 Å². The molecule has 3 N–H and O–H groups in total. The van der Waals surface area contributed by atoms with Crippen molar-refractivity contribution in [3.8, 4) is 0 Å². The maximum absolute atomic E-state index is 12.3. The first-order valence-corrected chi connectivity index (χ1v) is 11.3. The van der Waals surface area contributed by atoms with E-state index in [1.54, 1.807) is 18.4 Å². The average molecular weight is 568 g/mol. The lowest BCUT2D eigenvalue weighted by atomic mass is 10.3. The summed E-state index contributed by atoms with van der Waals surface area (Å²) in [6, 6.07) is 4.91. The van der Waals surface area contributed by atoms with Crippen LogP contribution in [0.1, 0.15) is 16.8 Å². The molecule has 0 saturated heterocycles. The number of guanidine groups is 1. The fraction of sp³-hybridized carbons (Fsp3) is 0.412. The topological polar surface area (TPSA) is 139 Å². The summed E-state index contributed by atoms with van der Waals surface area (Å²) in [6.07, 6.45) is 3.63. The molecule has 0 bridgehead atoms. The van der Waals surface area contributed by atoms with Gasteiger partial charge in [0.05, 0.1) is 14.8 Å². The molecular weight excluding hydrogens is 543 g/mol. The van der Waals surface area contributed by atoms with Crippen LogP contribution in [-0.4, -0.2) is 51.0 Å². The van der Waals surface area contributed by atoms with E-state index >= 15 is 0 Å². The Balaban J connectivity index is 0.00000450. The van der Waals surface area contributed by atoms with Gasteiger partial charge in [0, 0.05) is 56.3 Å². The number of nitrogens with zero attached hydrogens (tertiary/aromatic N) is 3. The number of rotatable bonds is 10. The molecular formula is C17H25IN6O4S2. The van der Waals surface area contributed by atoms with Crippen LogP contribution >= 0.6 is 35.3 Å². The van der Waals surface area contributed by atoms with Crippen LogP contribution in [0.3, 0.4) is 0 Å². The first-order chi connectivity index (χ1) is 13.9. The van der Waals surface area contributed by atoms with E-state index in [9.17, 15) is 18.5 Å². The third-order valence-electron chi connectivity index (χ3n) is 3.85. The Morgan fingerprint density at radius 3 is 2.63 bits per heavy atom. The molecule has 2 aromatic rings. The number of benzene rings is 1. The zero-order valence-corrected chi connectivity index (χ0v) is 20.6. The van der Waals surface area contributed by atoms with Crippen molar-refractivity contribution in [1.82, 2.24) is 20.3 Å². The maximum atomic E-state index is 12.3. The number of nitrogens with one attached hydrogen (secondary N) is 3. The van der Waals surface area contributed by atoms with Crippen molar-refractivity contribution in [1.29, 1.82) is 0 Å². The molecule has 30 heavy (non-hydrogen) atoms. The monoisotopic (exact) mass is 568 g/mol. The summed E-state index contributed by atoms with van der Waals surface area (Å²) in [6.45, 7) is 3.13. The zero-order valence-electron chi connectivity index (χ0n) is 16.6. The molecule has 0 fully saturated rings. The number of non-ortho nitro benzene ring substituents is 1. The van der Waals surface area contributed by atoms with E-state index in [1.165, 1.54) is 23.1 Å². The van der Waals surface area contributed by atoms with Crippen molar-refractivity contribution in [3.05, 3.63) is 50.5 Å². The van der Waals surface area contributed by atoms with Crippen molar-refractivity contribution < 1.29 is 13.3 Å². The van der Waals surface area contributed by atoms with Gasteiger partial charge in [-0.25, -0.2) is 18.1 Å². The van der Waals surface area contributed by atoms with Gasteiger partial charge in [-0.2, -0.15) is 0 Å². The molecule has 1 heterocycles. The number of halogens is 1. The number of aryl methyl sites for hydroxylation is 1. The van der Waals surface area contributed by atoms with E-state index in [4.69, 9.17) is 0 Å². The molecule has 0 unspecified atom stereocenters. The number of nitro benzene ring substituents is 1. The van der Waals surface area contributed by atoms with Crippen LogP contribution in [0.4, 0.5) is 5.69 Å². The van der Waals surface area contributed by atoms with E-state index in [0.29, 0.717) is 19.0 Å². The van der Waals surface area contributed by atoms with Gasteiger partial charge in [-0.05, 0) is 12.5 Å². The number of aliphatic imine (C=N–C) groups is 1. The second kappa shape index (κ2) is 12.8. The summed E-state index contributed by atoms with van der Waals surface area (Å²) in [5.41, 5.74) is -0.276. The summed E-state index contributed by atoms with van der Waals surface area (Å²) in [5.74, 6) is 0.548. The molecule has 166 valence electrons. The molecule has 0 amide bonds. The summed E-state index contributed by atoms with van der Waals surface area (Å²) in [7, 11) is -2.21. The van der Waals surface area contributed by atoms with Gasteiger partial charge in [0.2, 0.25) is 10.0 Å². The van der Waals surface area contributed by atoms with Gasteiger partial charge in [0.25, 0.3) is 5.69 Å². The van der Waals surface area contributed by atoms with E-state index in [1.807, 2.05) is 6.20 Å². The van der Waals surface area contributed by atoms with Crippen molar-refractivity contribution in [2.75, 3.05) is 26.7 Å². The van der Waals surface area contributed by atoms with Crippen LogP contribution in [-0.2, 0) is 22.9 Å². The van der Waals surface area contributed by atoms with E-state index < -0.39 is 14.9 Å². The minimum atomic E-state index is -3.84. The van der Waals surface area contributed by atoms with Gasteiger partial charge in [0.15, 0.2) is 5.96 Å². The lowest BCUT2D eigenvalue weighted by molar-refractivity contribution is -0.385. The van der Waals surface area contributed by atoms with E-state index in [0.717, 1.165) is 23.9 Å². The largest absolute Gasteiger partial charge is 0.356 e. The van der Waals surface area contributed by atoms with Crippen LogP contribution in [0.2, 0.25) is 0 Å². The highest BCUT2D eigenvalue weighted by Gasteiger charge is 2.17. The quantitative estimate of drug-likeness (QED) is 0.0994. The summed E-state index contributed by atoms with van der Waals surface area (Å²) in [4.78, 5) is 19.7. The molecule has 13 heteroatoms. The highest BCUT2D eigenvalue weighted by atomic mass is 127. The van der Waals surface area contributed by atoms with Crippen LogP contribution < -0.4 is 15.4 Å². The minimum absolute atomic E-state index is 0. The predicted octanol–water partition coefficient (Wildman–Crippen LogP) is 1.92. The molecule has 0 aliphatic heterocycles. The second-order valence-corrected chi connectivity index (χ2v) is 8.87. The molecule has 0 radical (unpaired) electrons. The standard InChI is InChI=1S/C17H24N6O4S2.HI/c1-3-14-12-21-16(28-14)7-8-19-17(18-2)20-9-10-22-29(26,27)15-6-4-5-13(11-15)23(24)25;/h4-6,11-12,22H,3,7-10H2,1-2H3,(H2,18,19,20);1H. The fourth-order valence-corrected chi connectivity index (χ4v) is 4.28. The molecule has 10 nitrogen and oxygen atoms in total. The normalized spacial score (nSPS) is 11.6. The summed E-state index contributed by atoms with van der Waals surface area (Å²) >= 11 is 1.69.